The number of hydrogen-bond acceptors (Lipinski definition) is 6. The van der Waals surface area contributed by atoms with Gasteiger partial charge in [-0.3, -0.25) is 0 Å². The first-order valence-corrected chi connectivity index (χ1v) is 5.44. The number of carboxylic acids is 1. The molecule has 0 aromatic carbocycles. The Morgan fingerprint density at radius 1 is 1.30 bits per heavy atom. The summed E-state index contributed by atoms with van der Waals surface area (Å²) in [5.41, 5.74) is 0.231. The number of aliphatic hydroxyl groups excluding tert-OH is 1. The Kier molecular flexibility index (Phi) is 13.0. The van der Waals surface area contributed by atoms with E-state index in [1.54, 1.807) is 0 Å². The summed E-state index contributed by atoms with van der Waals surface area (Å²) >= 11 is 0. The van der Waals surface area contributed by atoms with Gasteiger partial charge in [0.2, 0.25) is 0 Å². The van der Waals surface area contributed by atoms with E-state index in [4.69, 9.17) is 10.2 Å². The molecule has 0 heterocycles. The topological polar surface area (TPSA) is 110 Å². The van der Waals surface area contributed by atoms with Crippen LogP contribution in [-0.2, 0) is 23.9 Å². The standard InChI is InChI=1S/C8H10O4.C5H8O3/c1-6(8(11)12-2)4-3-5-7(9)10;1-2-5(7)8-4-3-6/h3,5H,1,4H2,2H3,(H,9,10);2,6H,1,3-4H2. The number of carbonyl (C=O) groups excluding carboxylic acids is 2. The number of methoxy groups -OCH3 is 1. The van der Waals surface area contributed by atoms with Crippen molar-refractivity contribution >= 4 is 17.9 Å². The van der Waals surface area contributed by atoms with Crippen molar-refractivity contribution in [1.82, 2.24) is 0 Å². The minimum absolute atomic E-state index is 0.0465. The molecule has 0 radical (unpaired) electrons. The molecule has 20 heavy (non-hydrogen) atoms. The maximum Gasteiger partial charge on any atom is 0.333 e. The van der Waals surface area contributed by atoms with E-state index in [1.807, 2.05) is 0 Å². The van der Waals surface area contributed by atoms with Crippen LogP contribution in [0.2, 0.25) is 0 Å². The predicted molar refractivity (Wildman–Crippen MR) is 70.8 cm³/mol. The molecule has 0 amide bonds. The van der Waals surface area contributed by atoms with Crippen molar-refractivity contribution in [1.29, 1.82) is 0 Å². The Bertz CT molecular complexity index is 382. The number of rotatable bonds is 7. The Balaban J connectivity index is 0. The molecule has 0 saturated carbocycles. The van der Waals surface area contributed by atoms with Gasteiger partial charge < -0.3 is 19.7 Å². The van der Waals surface area contributed by atoms with Crippen LogP contribution in [0.1, 0.15) is 6.42 Å². The fourth-order valence-electron chi connectivity index (χ4n) is 0.735. The highest BCUT2D eigenvalue weighted by atomic mass is 16.5. The first-order chi connectivity index (χ1) is 9.38. The molecule has 2 N–H and O–H groups in total. The maximum absolute atomic E-state index is 10.7. The monoisotopic (exact) mass is 286 g/mol. The van der Waals surface area contributed by atoms with Gasteiger partial charge in [-0.1, -0.05) is 19.2 Å². The highest BCUT2D eigenvalue weighted by Gasteiger charge is 2.03. The second-order valence-electron chi connectivity index (χ2n) is 3.14. The number of carboxylic acid groups (broad SMARTS) is 1. The second-order valence-corrected chi connectivity index (χ2v) is 3.14. The second kappa shape index (κ2) is 13.0. The summed E-state index contributed by atoms with van der Waals surface area (Å²) < 4.78 is 8.68. The fraction of sp³-hybridized carbons (Fsp3) is 0.308. The van der Waals surface area contributed by atoms with E-state index in [0.717, 1.165) is 12.2 Å². The molecular formula is C13H18O7. The number of aliphatic hydroxyl groups is 1. The predicted octanol–water partition coefficient (Wildman–Crippen LogP) is 0.454. The van der Waals surface area contributed by atoms with Gasteiger partial charge in [0.1, 0.15) is 6.61 Å². The van der Waals surface area contributed by atoms with Gasteiger partial charge in [-0.15, -0.1) is 0 Å². The summed E-state index contributed by atoms with van der Waals surface area (Å²) in [4.78, 5) is 30.8. The molecule has 0 aromatic rings. The van der Waals surface area contributed by atoms with Crippen LogP contribution < -0.4 is 0 Å². The first kappa shape index (κ1) is 19.9. The minimum Gasteiger partial charge on any atom is -0.478 e. The molecule has 0 saturated heterocycles. The van der Waals surface area contributed by atoms with Gasteiger partial charge in [-0.05, 0) is 6.42 Å². The number of allylic oxidation sites excluding steroid dienone is 1. The van der Waals surface area contributed by atoms with Gasteiger partial charge in [0, 0.05) is 17.7 Å². The molecule has 0 aromatic heterocycles. The first-order valence-electron chi connectivity index (χ1n) is 5.44. The third-order valence-corrected chi connectivity index (χ3v) is 1.60. The van der Waals surface area contributed by atoms with Crippen LogP contribution in [0.25, 0.3) is 0 Å². The SMILES string of the molecule is C=C(CC=CC(=O)O)C(=O)OC.C=CC(=O)OCCO. The van der Waals surface area contributed by atoms with Gasteiger partial charge in [0.15, 0.2) is 0 Å². The Hall–Kier alpha value is -2.41. The number of hydrogen-bond donors (Lipinski definition) is 2. The lowest BCUT2D eigenvalue weighted by molar-refractivity contribution is -0.138. The minimum atomic E-state index is -1.05. The van der Waals surface area contributed by atoms with E-state index >= 15 is 0 Å². The van der Waals surface area contributed by atoms with Gasteiger partial charge >= 0.3 is 17.9 Å². The van der Waals surface area contributed by atoms with Crippen LogP contribution in [-0.4, -0.2) is 48.4 Å². The van der Waals surface area contributed by atoms with Crippen LogP contribution in [0.3, 0.4) is 0 Å². The highest BCUT2D eigenvalue weighted by Crippen LogP contribution is 2.00. The lowest BCUT2D eigenvalue weighted by Gasteiger charge is -1.97. The van der Waals surface area contributed by atoms with E-state index in [0.29, 0.717) is 0 Å². The third-order valence-electron chi connectivity index (χ3n) is 1.60. The van der Waals surface area contributed by atoms with E-state index in [2.05, 4.69) is 22.6 Å². The molecule has 7 nitrogen and oxygen atoms in total. The molecule has 0 spiro atoms. The molecule has 0 rings (SSSR count). The largest absolute Gasteiger partial charge is 0.478 e. The van der Waals surface area contributed by atoms with Crippen molar-refractivity contribution in [3.05, 3.63) is 37.0 Å². The highest BCUT2D eigenvalue weighted by molar-refractivity contribution is 5.88. The van der Waals surface area contributed by atoms with Gasteiger partial charge in [-0.25, -0.2) is 14.4 Å². The number of aliphatic carboxylic acids is 1. The zero-order chi connectivity index (χ0) is 16.0. The van der Waals surface area contributed by atoms with Gasteiger partial charge in [-0.2, -0.15) is 0 Å². The lowest BCUT2D eigenvalue weighted by atomic mass is 10.2. The molecule has 0 bridgehead atoms. The Morgan fingerprint density at radius 2 is 1.90 bits per heavy atom. The summed E-state index contributed by atoms with van der Waals surface area (Å²) in [5, 5.41) is 16.3. The molecule has 0 unspecified atom stereocenters. The van der Waals surface area contributed by atoms with Crippen LogP contribution in [0.4, 0.5) is 0 Å². The van der Waals surface area contributed by atoms with E-state index < -0.39 is 17.9 Å². The lowest BCUT2D eigenvalue weighted by Crippen LogP contribution is -2.04. The van der Waals surface area contributed by atoms with Crippen molar-refractivity contribution in [2.75, 3.05) is 20.3 Å². The molecule has 0 fully saturated rings. The van der Waals surface area contributed by atoms with Crippen molar-refractivity contribution < 1.29 is 34.1 Å². The van der Waals surface area contributed by atoms with Crippen LogP contribution in [0.5, 0.6) is 0 Å². The summed E-state index contributed by atoms with van der Waals surface area (Å²) in [6.45, 7) is 6.47. The van der Waals surface area contributed by atoms with Crippen molar-refractivity contribution in [2.24, 2.45) is 0 Å². The average molecular weight is 286 g/mol. The summed E-state index contributed by atoms with van der Waals surface area (Å²) in [5.74, 6) is -2.07. The van der Waals surface area contributed by atoms with Gasteiger partial charge in [0.05, 0.1) is 13.7 Å². The average Bonchev–Trinajstić information content (AvgIpc) is 2.43. The zero-order valence-corrected chi connectivity index (χ0v) is 11.2. The van der Waals surface area contributed by atoms with Gasteiger partial charge in [0.25, 0.3) is 0 Å². The molecular weight excluding hydrogens is 268 g/mol. The maximum atomic E-state index is 10.7. The zero-order valence-electron chi connectivity index (χ0n) is 11.2. The summed E-state index contributed by atoms with van der Waals surface area (Å²) in [7, 11) is 1.24. The van der Waals surface area contributed by atoms with Crippen LogP contribution >= 0.6 is 0 Å². The van der Waals surface area contributed by atoms with E-state index in [9.17, 15) is 14.4 Å². The molecule has 0 aliphatic rings. The fourth-order valence-corrected chi connectivity index (χ4v) is 0.735. The van der Waals surface area contributed by atoms with E-state index in [-0.39, 0.29) is 25.2 Å². The van der Waals surface area contributed by atoms with Crippen molar-refractivity contribution in [3.8, 4) is 0 Å². The smallest absolute Gasteiger partial charge is 0.333 e. The molecule has 0 atom stereocenters. The third kappa shape index (κ3) is 13.7. The Morgan fingerprint density at radius 3 is 2.30 bits per heavy atom. The Labute approximate surface area is 116 Å². The van der Waals surface area contributed by atoms with E-state index in [1.165, 1.54) is 13.2 Å². The number of carbonyl (C=O) groups is 3. The van der Waals surface area contributed by atoms with Crippen molar-refractivity contribution in [2.45, 2.75) is 6.42 Å². The summed E-state index contributed by atoms with van der Waals surface area (Å²) in [6.07, 6.45) is 3.53. The molecule has 7 heteroatoms. The molecule has 112 valence electrons. The van der Waals surface area contributed by atoms with Crippen molar-refractivity contribution in [3.63, 3.8) is 0 Å². The van der Waals surface area contributed by atoms with Crippen LogP contribution in [0, 0.1) is 0 Å². The van der Waals surface area contributed by atoms with Crippen LogP contribution in [0.15, 0.2) is 37.0 Å². The molecule has 0 aliphatic carbocycles. The summed E-state index contributed by atoms with van der Waals surface area (Å²) in [6, 6.07) is 0. The number of ether oxygens (including phenoxy) is 2. The quantitative estimate of drug-likeness (QED) is 0.516. The normalized spacial score (nSPS) is 9.10. The number of esters is 2. The molecule has 0 aliphatic heterocycles.